The SMILES string of the molecule is O=c1c(Cc2ccncc2)c(-c2ccc(Br)cc2)[nH]c2ccccc12. The summed E-state index contributed by atoms with van der Waals surface area (Å²) >= 11 is 3.47. The monoisotopic (exact) mass is 390 g/mol. The number of benzene rings is 2. The van der Waals surface area contributed by atoms with Crippen LogP contribution in [0.2, 0.25) is 0 Å². The lowest BCUT2D eigenvalue weighted by atomic mass is 9.97. The zero-order valence-corrected chi connectivity index (χ0v) is 15.0. The summed E-state index contributed by atoms with van der Waals surface area (Å²) in [6, 6.07) is 19.5. The molecule has 1 N–H and O–H groups in total. The topological polar surface area (TPSA) is 45.8 Å². The maximum atomic E-state index is 13.1. The van der Waals surface area contributed by atoms with Crippen LogP contribution in [0.1, 0.15) is 11.1 Å². The van der Waals surface area contributed by atoms with Crippen LogP contribution in [-0.4, -0.2) is 9.97 Å². The van der Waals surface area contributed by atoms with E-state index < -0.39 is 0 Å². The molecule has 0 spiro atoms. The minimum absolute atomic E-state index is 0.0732. The molecule has 122 valence electrons. The van der Waals surface area contributed by atoms with Gasteiger partial charge in [-0.3, -0.25) is 9.78 Å². The molecule has 4 rings (SSSR count). The highest BCUT2D eigenvalue weighted by molar-refractivity contribution is 9.10. The molecule has 0 aliphatic rings. The van der Waals surface area contributed by atoms with Crippen molar-refractivity contribution in [2.24, 2.45) is 0 Å². The van der Waals surface area contributed by atoms with Gasteiger partial charge in [-0.05, 0) is 47.5 Å². The number of fused-ring (bicyclic) bond motifs is 1. The van der Waals surface area contributed by atoms with Gasteiger partial charge in [0.15, 0.2) is 5.43 Å². The highest BCUT2D eigenvalue weighted by Crippen LogP contribution is 2.25. The Morgan fingerprint density at radius 2 is 1.64 bits per heavy atom. The molecule has 0 saturated carbocycles. The van der Waals surface area contributed by atoms with Gasteiger partial charge in [0.05, 0.1) is 5.69 Å². The van der Waals surface area contributed by atoms with Gasteiger partial charge in [-0.15, -0.1) is 0 Å². The molecule has 0 saturated heterocycles. The number of nitrogens with zero attached hydrogens (tertiary/aromatic N) is 1. The standard InChI is InChI=1S/C21H15BrN2O/c22-16-7-5-15(6-8-16)20-18(13-14-9-11-23-12-10-14)21(25)17-3-1-2-4-19(17)24-20/h1-12H,13H2,(H,24,25). The summed E-state index contributed by atoms with van der Waals surface area (Å²) in [5.41, 5.74) is 4.62. The van der Waals surface area contributed by atoms with Gasteiger partial charge >= 0.3 is 0 Å². The first kappa shape index (κ1) is 15.8. The lowest BCUT2D eigenvalue weighted by molar-refractivity contribution is 1.13. The first-order chi connectivity index (χ1) is 12.2. The van der Waals surface area contributed by atoms with Crippen molar-refractivity contribution in [1.82, 2.24) is 9.97 Å². The molecule has 0 amide bonds. The lowest BCUT2D eigenvalue weighted by Gasteiger charge is -2.12. The van der Waals surface area contributed by atoms with Gasteiger partial charge in [-0.1, -0.05) is 40.2 Å². The highest BCUT2D eigenvalue weighted by Gasteiger charge is 2.14. The fourth-order valence-corrected chi connectivity index (χ4v) is 3.28. The van der Waals surface area contributed by atoms with Crippen LogP contribution in [0.3, 0.4) is 0 Å². The fourth-order valence-electron chi connectivity index (χ4n) is 3.01. The van der Waals surface area contributed by atoms with Crippen molar-refractivity contribution >= 4 is 26.8 Å². The Morgan fingerprint density at radius 1 is 0.920 bits per heavy atom. The van der Waals surface area contributed by atoms with E-state index in [-0.39, 0.29) is 5.43 Å². The zero-order valence-electron chi connectivity index (χ0n) is 13.4. The smallest absolute Gasteiger partial charge is 0.193 e. The van der Waals surface area contributed by atoms with Crippen LogP contribution in [-0.2, 0) is 6.42 Å². The molecule has 0 aliphatic heterocycles. The molecule has 0 aliphatic carbocycles. The second-order valence-corrected chi connectivity index (χ2v) is 6.81. The van der Waals surface area contributed by atoms with E-state index in [1.54, 1.807) is 12.4 Å². The number of para-hydroxylation sites is 1. The van der Waals surface area contributed by atoms with Crippen LogP contribution in [0.15, 0.2) is 82.3 Å². The summed E-state index contributed by atoms with van der Waals surface area (Å²) in [7, 11) is 0. The molecule has 0 fully saturated rings. The van der Waals surface area contributed by atoms with E-state index in [2.05, 4.69) is 25.9 Å². The number of halogens is 1. The van der Waals surface area contributed by atoms with Crippen LogP contribution in [0.25, 0.3) is 22.2 Å². The van der Waals surface area contributed by atoms with E-state index in [4.69, 9.17) is 0 Å². The second-order valence-electron chi connectivity index (χ2n) is 5.89. The first-order valence-corrected chi connectivity index (χ1v) is 8.80. The van der Waals surface area contributed by atoms with E-state index in [1.165, 1.54) is 0 Å². The molecule has 0 unspecified atom stereocenters. The van der Waals surface area contributed by atoms with Crippen molar-refractivity contribution in [2.75, 3.05) is 0 Å². The average molecular weight is 391 g/mol. The van der Waals surface area contributed by atoms with Crippen LogP contribution >= 0.6 is 15.9 Å². The summed E-state index contributed by atoms with van der Waals surface area (Å²) in [6.45, 7) is 0. The third-order valence-corrected chi connectivity index (χ3v) is 4.80. The Kier molecular flexibility index (Phi) is 4.20. The highest BCUT2D eigenvalue weighted by atomic mass is 79.9. The van der Waals surface area contributed by atoms with Crippen molar-refractivity contribution in [2.45, 2.75) is 6.42 Å². The number of aromatic nitrogens is 2. The molecule has 25 heavy (non-hydrogen) atoms. The molecular formula is C21H15BrN2O. The summed E-state index contributed by atoms with van der Waals surface area (Å²) in [4.78, 5) is 20.7. The summed E-state index contributed by atoms with van der Waals surface area (Å²) in [6.07, 6.45) is 4.07. The lowest BCUT2D eigenvalue weighted by Crippen LogP contribution is -2.13. The number of rotatable bonds is 3. The molecule has 4 aromatic rings. The van der Waals surface area contributed by atoms with E-state index in [1.807, 2.05) is 60.7 Å². The van der Waals surface area contributed by atoms with Crippen LogP contribution in [0, 0.1) is 0 Å². The molecule has 2 aromatic carbocycles. The van der Waals surface area contributed by atoms with Gasteiger partial charge in [0, 0.05) is 39.8 Å². The van der Waals surface area contributed by atoms with E-state index in [9.17, 15) is 4.79 Å². The van der Waals surface area contributed by atoms with Gasteiger partial charge in [0.2, 0.25) is 0 Å². The van der Waals surface area contributed by atoms with Crippen molar-refractivity contribution < 1.29 is 0 Å². The van der Waals surface area contributed by atoms with Crippen LogP contribution < -0.4 is 5.43 Å². The number of hydrogen-bond donors (Lipinski definition) is 1. The first-order valence-electron chi connectivity index (χ1n) is 8.01. The molecule has 2 aromatic heterocycles. The Balaban J connectivity index is 1.97. The number of aromatic amines is 1. The van der Waals surface area contributed by atoms with Gasteiger partial charge in [0.25, 0.3) is 0 Å². The van der Waals surface area contributed by atoms with Crippen LogP contribution in [0.4, 0.5) is 0 Å². The third kappa shape index (κ3) is 3.13. The summed E-state index contributed by atoms with van der Waals surface area (Å²) < 4.78 is 1.01. The van der Waals surface area contributed by atoms with Crippen molar-refractivity contribution in [3.63, 3.8) is 0 Å². The Morgan fingerprint density at radius 3 is 2.40 bits per heavy atom. The predicted octanol–water partition coefficient (Wildman–Crippen LogP) is 4.94. The molecular weight excluding hydrogens is 376 g/mol. The predicted molar refractivity (Wildman–Crippen MR) is 105 cm³/mol. The Hall–Kier alpha value is -2.72. The van der Waals surface area contributed by atoms with Crippen molar-refractivity contribution in [3.05, 3.63) is 98.9 Å². The van der Waals surface area contributed by atoms with Gasteiger partial charge in [-0.25, -0.2) is 0 Å². The van der Waals surface area contributed by atoms with Gasteiger partial charge < -0.3 is 4.98 Å². The molecule has 0 bridgehead atoms. The van der Waals surface area contributed by atoms with E-state index in [0.717, 1.165) is 32.4 Å². The van der Waals surface area contributed by atoms with E-state index >= 15 is 0 Å². The zero-order chi connectivity index (χ0) is 17.2. The quantitative estimate of drug-likeness (QED) is 0.538. The van der Waals surface area contributed by atoms with Gasteiger partial charge in [-0.2, -0.15) is 0 Å². The molecule has 0 radical (unpaired) electrons. The van der Waals surface area contributed by atoms with Gasteiger partial charge in [0.1, 0.15) is 0 Å². The fraction of sp³-hybridized carbons (Fsp3) is 0.0476. The second kappa shape index (κ2) is 6.65. The molecule has 4 heteroatoms. The minimum Gasteiger partial charge on any atom is -0.354 e. The number of H-pyrrole nitrogens is 1. The largest absolute Gasteiger partial charge is 0.354 e. The van der Waals surface area contributed by atoms with E-state index in [0.29, 0.717) is 11.8 Å². The molecule has 3 nitrogen and oxygen atoms in total. The Labute approximate surface area is 153 Å². The number of pyridine rings is 2. The summed E-state index contributed by atoms with van der Waals surface area (Å²) in [5, 5.41) is 0.715. The molecule has 2 heterocycles. The maximum Gasteiger partial charge on any atom is 0.193 e. The number of nitrogens with one attached hydrogen (secondary N) is 1. The summed E-state index contributed by atoms with van der Waals surface area (Å²) in [5.74, 6) is 0. The average Bonchev–Trinajstić information content (AvgIpc) is 2.65. The number of hydrogen-bond acceptors (Lipinski definition) is 2. The maximum absolute atomic E-state index is 13.1. The Bertz CT molecular complexity index is 1090. The van der Waals surface area contributed by atoms with Crippen molar-refractivity contribution in [3.8, 4) is 11.3 Å². The molecule has 0 atom stereocenters. The normalized spacial score (nSPS) is 10.9. The minimum atomic E-state index is 0.0732. The van der Waals surface area contributed by atoms with Crippen LogP contribution in [0.5, 0.6) is 0 Å². The van der Waals surface area contributed by atoms with Crippen molar-refractivity contribution in [1.29, 1.82) is 0 Å². The third-order valence-electron chi connectivity index (χ3n) is 4.27.